The van der Waals surface area contributed by atoms with Gasteiger partial charge in [0.15, 0.2) is 0 Å². The number of carbonyl (C=O) groups excluding carboxylic acids is 2. The third-order valence-electron chi connectivity index (χ3n) is 5.11. The van der Waals surface area contributed by atoms with Crippen molar-refractivity contribution in [1.29, 1.82) is 0 Å². The molecule has 0 fully saturated rings. The first-order valence-corrected chi connectivity index (χ1v) is 9.99. The fourth-order valence-corrected chi connectivity index (χ4v) is 3.56. The lowest BCUT2D eigenvalue weighted by Gasteiger charge is -2.15. The lowest BCUT2D eigenvalue weighted by molar-refractivity contribution is -0.142. The molecule has 0 bridgehead atoms. The van der Waals surface area contributed by atoms with Crippen molar-refractivity contribution in [3.8, 4) is 0 Å². The van der Waals surface area contributed by atoms with Crippen molar-refractivity contribution in [3.63, 3.8) is 0 Å². The predicted octanol–water partition coefficient (Wildman–Crippen LogP) is 3.93. The van der Waals surface area contributed by atoms with Crippen LogP contribution in [0.4, 0.5) is 0 Å². The number of amides is 1. The SMILES string of the molecule is COC(=O)[C@H](Cc1ccccc1)NC(=O)c1cc(Cc2cccc3ccccc23)no1. The molecule has 1 atom stereocenters. The Morgan fingerprint density at radius 3 is 2.55 bits per heavy atom. The van der Waals surface area contributed by atoms with Crippen molar-refractivity contribution in [1.82, 2.24) is 10.5 Å². The zero-order valence-electron chi connectivity index (χ0n) is 17.1. The number of hydrogen-bond donors (Lipinski definition) is 1. The van der Waals surface area contributed by atoms with Crippen molar-refractivity contribution in [2.45, 2.75) is 18.9 Å². The van der Waals surface area contributed by atoms with E-state index in [1.807, 2.05) is 54.6 Å². The molecule has 156 valence electrons. The third-order valence-corrected chi connectivity index (χ3v) is 5.11. The average Bonchev–Trinajstić information content (AvgIpc) is 3.28. The summed E-state index contributed by atoms with van der Waals surface area (Å²) in [4.78, 5) is 24.9. The number of carbonyl (C=O) groups is 2. The van der Waals surface area contributed by atoms with Crippen LogP contribution in [0.15, 0.2) is 83.4 Å². The maximum absolute atomic E-state index is 12.7. The number of hydrogen-bond acceptors (Lipinski definition) is 5. The molecule has 3 aromatic carbocycles. The van der Waals surface area contributed by atoms with Gasteiger partial charge in [-0.2, -0.15) is 0 Å². The topological polar surface area (TPSA) is 81.4 Å². The maximum Gasteiger partial charge on any atom is 0.328 e. The molecule has 1 heterocycles. The number of nitrogens with one attached hydrogen (secondary N) is 1. The summed E-state index contributed by atoms with van der Waals surface area (Å²) in [6.07, 6.45) is 0.846. The van der Waals surface area contributed by atoms with E-state index in [4.69, 9.17) is 9.26 Å². The van der Waals surface area contributed by atoms with E-state index in [1.54, 1.807) is 6.07 Å². The highest BCUT2D eigenvalue weighted by atomic mass is 16.5. The van der Waals surface area contributed by atoms with Gasteiger partial charge < -0.3 is 14.6 Å². The molecule has 0 aliphatic rings. The highest BCUT2D eigenvalue weighted by molar-refractivity contribution is 5.94. The second kappa shape index (κ2) is 9.26. The van der Waals surface area contributed by atoms with Crippen LogP contribution in [0, 0.1) is 0 Å². The summed E-state index contributed by atoms with van der Waals surface area (Å²) in [5.41, 5.74) is 2.64. The number of rotatable bonds is 7. The van der Waals surface area contributed by atoms with Gasteiger partial charge in [0.25, 0.3) is 5.91 Å². The summed E-state index contributed by atoms with van der Waals surface area (Å²) < 4.78 is 10.1. The summed E-state index contributed by atoms with van der Waals surface area (Å²) in [6.45, 7) is 0. The first-order chi connectivity index (χ1) is 15.1. The second-order valence-corrected chi connectivity index (χ2v) is 7.24. The van der Waals surface area contributed by atoms with E-state index in [9.17, 15) is 9.59 Å². The van der Waals surface area contributed by atoms with E-state index >= 15 is 0 Å². The lowest BCUT2D eigenvalue weighted by Crippen LogP contribution is -2.43. The quantitative estimate of drug-likeness (QED) is 0.464. The van der Waals surface area contributed by atoms with Crippen LogP contribution >= 0.6 is 0 Å². The third kappa shape index (κ3) is 4.80. The Labute approximate surface area is 179 Å². The van der Waals surface area contributed by atoms with E-state index in [1.165, 1.54) is 7.11 Å². The standard InChI is InChI=1S/C25H22N2O4/c1-30-25(29)22(14-17-8-3-2-4-9-17)26-24(28)23-16-20(27-31-23)15-19-12-7-11-18-10-5-6-13-21(18)19/h2-13,16,22H,14-15H2,1H3,(H,26,28)/t22-/m0/s1. The normalized spacial score (nSPS) is 11.8. The highest BCUT2D eigenvalue weighted by Crippen LogP contribution is 2.21. The largest absolute Gasteiger partial charge is 0.467 e. The van der Waals surface area contributed by atoms with Crippen LogP contribution in [0.25, 0.3) is 10.8 Å². The van der Waals surface area contributed by atoms with Gasteiger partial charge in [0, 0.05) is 18.9 Å². The first kappa shape index (κ1) is 20.3. The number of esters is 1. The molecule has 1 amide bonds. The molecule has 0 aliphatic carbocycles. The van der Waals surface area contributed by atoms with E-state index in [0.29, 0.717) is 18.5 Å². The molecule has 0 radical (unpaired) electrons. The zero-order valence-corrected chi connectivity index (χ0v) is 17.1. The van der Waals surface area contributed by atoms with Crippen LogP contribution in [-0.4, -0.2) is 30.2 Å². The second-order valence-electron chi connectivity index (χ2n) is 7.24. The highest BCUT2D eigenvalue weighted by Gasteiger charge is 2.24. The lowest BCUT2D eigenvalue weighted by atomic mass is 10.0. The zero-order chi connectivity index (χ0) is 21.6. The predicted molar refractivity (Wildman–Crippen MR) is 117 cm³/mol. The monoisotopic (exact) mass is 414 g/mol. The number of methoxy groups -OCH3 is 1. The number of benzene rings is 3. The number of aromatic nitrogens is 1. The Bertz CT molecular complexity index is 1200. The molecule has 4 aromatic rings. The Morgan fingerprint density at radius 1 is 1.00 bits per heavy atom. The molecule has 0 saturated carbocycles. The van der Waals surface area contributed by atoms with E-state index < -0.39 is 17.9 Å². The minimum absolute atomic E-state index is 0.0530. The van der Waals surface area contributed by atoms with Crippen LogP contribution in [0.3, 0.4) is 0 Å². The summed E-state index contributed by atoms with van der Waals surface area (Å²) in [5, 5.41) is 9.01. The van der Waals surface area contributed by atoms with Crippen LogP contribution in [0.2, 0.25) is 0 Å². The molecule has 0 aliphatic heterocycles. The molecule has 0 unspecified atom stereocenters. The van der Waals surface area contributed by atoms with E-state index in [2.05, 4.69) is 28.7 Å². The smallest absolute Gasteiger partial charge is 0.328 e. The van der Waals surface area contributed by atoms with Crippen molar-refractivity contribution in [3.05, 3.63) is 101 Å². The molecule has 6 heteroatoms. The molecule has 4 rings (SSSR count). The van der Waals surface area contributed by atoms with Gasteiger partial charge in [-0.3, -0.25) is 4.79 Å². The molecule has 0 spiro atoms. The molecular weight excluding hydrogens is 392 g/mol. The summed E-state index contributed by atoms with van der Waals surface area (Å²) in [7, 11) is 1.29. The molecule has 1 N–H and O–H groups in total. The summed E-state index contributed by atoms with van der Waals surface area (Å²) in [6, 6.07) is 24.4. The van der Waals surface area contributed by atoms with Gasteiger partial charge in [-0.05, 0) is 21.9 Å². The average molecular weight is 414 g/mol. The van der Waals surface area contributed by atoms with Gasteiger partial charge in [0.1, 0.15) is 6.04 Å². The van der Waals surface area contributed by atoms with Crippen molar-refractivity contribution < 1.29 is 18.8 Å². The van der Waals surface area contributed by atoms with Crippen LogP contribution in [0.1, 0.15) is 27.4 Å². The van der Waals surface area contributed by atoms with Crippen molar-refractivity contribution in [2.75, 3.05) is 7.11 Å². The van der Waals surface area contributed by atoms with Crippen LogP contribution in [0.5, 0.6) is 0 Å². The molecule has 0 saturated heterocycles. The van der Waals surface area contributed by atoms with Gasteiger partial charge in [-0.1, -0.05) is 78.0 Å². The van der Waals surface area contributed by atoms with Crippen LogP contribution in [-0.2, 0) is 22.4 Å². The molecule has 6 nitrogen and oxygen atoms in total. The van der Waals surface area contributed by atoms with E-state index in [0.717, 1.165) is 21.9 Å². The summed E-state index contributed by atoms with van der Waals surface area (Å²) >= 11 is 0. The number of fused-ring (bicyclic) bond motifs is 1. The summed E-state index contributed by atoms with van der Waals surface area (Å²) in [5.74, 6) is -0.979. The van der Waals surface area contributed by atoms with Crippen LogP contribution < -0.4 is 5.32 Å². The van der Waals surface area contributed by atoms with Gasteiger partial charge in [0.2, 0.25) is 5.76 Å². The fraction of sp³-hybridized carbons (Fsp3) is 0.160. The Hall–Kier alpha value is -3.93. The first-order valence-electron chi connectivity index (χ1n) is 9.99. The molecular formula is C25H22N2O4. The van der Waals surface area contributed by atoms with Gasteiger partial charge in [0.05, 0.1) is 12.8 Å². The number of nitrogens with zero attached hydrogens (tertiary/aromatic N) is 1. The van der Waals surface area contributed by atoms with E-state index in [-0.39, 0.29) is 5.76 Å². The Morgan fingerprint density at radius 2 is 1.74 bits per heavy atom. The van der Waals surface area contributed by atoms with Crippen molar-refractivity contribution in [2.24, 2.45) is 0 Å². The van der Waals surface area contributed by atoms with Gasteiger partial charge in [-0.15, -0.1) is 0 Å². The Kier molecular flexibility index (Phi) is 6.08. The minimum Gasteiger partial charge on any atom is -0.467 e. The minimum atomic E-state index is -0.827. The Balaban J connectivity index is 1.48. The van der Waals surface area contributed by atoms with Crippen molar-refractivity contribution >= 4 is 22.6 Å². The molecule has 31 heavy (non-hydrogen) atoms. The van der Waals surface area contributed by atoms with Gasteiger partial charge in [-0.25, -0.2) is 4.79 Å². The maximum atomic E-state index is 12.7. The fourth-order valence-electron chi connectivity index (χ4n) is 3.56. The number of ether oxygens (including phenoxy) is 1. The molecule has 1 aromatic heterocycles. The van der Waals surface area contributed by atoms with Gasteiger partial charge >= 0.3 is 5.97 Å².